The van der Waals surface area contributed by atoms with Gasteiger partial charge in [-0.2, -0.15) is 0 Å². The summed E-state index contributed by atoms with van der Waals surface area (Å²) in [4.78, 5) is 0. The Labute approximate surface area is 140 Å². The normalized spacial score (nSPS) is 16.9. The summed E-state index contributed by atoms with van der Waals surface area (Å²) < 4.78 is 31.9. The maximum Gasteiger partial charge on any atom is 0.216 e. The lowest BCUT2D eigenvalue weighted by Gasteiger charge is -2.29. The molecule has 128 valence electrons. The molecule has 4 nitrogen and oxygen atoms in total. The number of nitrogens with zero attached hydrogens (tertiary/aromatic N) is 1. The Hall–Kier alpha value is -1.33. The van der Waals surface area contributed by atoms with Crippen LogP contribution in [-0.4, -0.2) is 37.2 Å². The molecular formula is C18H27NO3S. The maximum atomic E-state index is 12.2. The molecule has 0 radical (unpaired) electrons. The molecule has 0 atom stereocenters. The van der Waals surface area contributed by atoms with Gasteiger partial charge in [0.25, 0.3) is 0 Å². The molecule has 1 aromatic carbocycles. The summed E-state index contributed by atoms with van der Waals surface area (Å²) in [6, 6.07) is 7.99. The molecule has 1 saturated heterocycles. The van der Waals surface area contributed by atoms with Gasteiger partial charge in [-0.25, -0.2) is 12.7 Å². The maximum absolute atomic E-state index is 12.2. The van der Waals surface area contributed by atoms with Gasteiger partial charge in [-0.15, -0.1) is 0 Å². The first-order chi connectivity index (χ1) is 10.8. The topological polar surface area (TPSA) is 46.6 Å². The van der Waals surface area contributed by atoms with E-state index in [4.69, 9.17) is 4.74 Å². The number of benzene rings is 1. The van der Waals surface area contributed by atoms with Gasteiger partial charge in [-0.1, -0.05) is 29.8 Å². The second-order valence-electron chi connectivity index (χ2n) is 6.50. The standard InChI is InChI=1S/C18H27NO3S/c1-14(2)22-18-8-6-5-7-17(18)13-16-9-11-19(12-10-16)23(20,21)15(3)4/h5-8,13-15H,9-12H2,1-4H3. The third-order valence-electron chi connectivity index (χ3n) is 3.96. The Bertz CT molecular complexity index is 653. The summed E-state index contributed by atoms with van der Waals surface area (Å²) in [5.74, 6) is 0.882. The molecule has 0 amide bonds. The van der Waals surface area contributed by atoms with E-state index in [9.17, 15) is 8.42 Å². The van der Waals surface area contributed by atoms with Crippen LogP contribution in [0.2, 0.25) is 0 Å². The van der Waals surface area contributed by atoms with Crippen molar-refractivity contribution in [2.24, 2.45) is 0 Å². The fourth-order valence-electron chi connectivity index (χ4n) is 2.65. The fourth-order valence-corrected chi connectivity index (χ4v) is 3.94. The molecule has 0 unspecified atom stereocenters. The molecule has 0 saturated carbocycles. The fraction of sp³-hybridized carbons (Fsp3) is 0.556. The van der Waals surface area contributed by atoms with E-state index in [0.717, 1.165) is 24.2 Å². The Morgan fingerprint density at radius 3 is 2.26 bits per heavy atom. The molecule has 0 N–H and O–H groups in total. The number of sulfonamides is 1. The zero-order valence-electron chi connectivity index (χ0n) is 14.5. The zero-order chi connectivity index (χ0) is 17.0. The Morgan fingerprint density at radius 2 is 1.70 bits per heavy atom. The highest BCUT2D eigenvalue weighted by Crippen LogP contribution is 2.27. The molecule has 0 bridgehead atoms. The monoisotopic (exact) mass is 337 g/mol. The van der Waals surface area contributed by atoms with Crippen LogP contribution in [0.1, 0.15) is 46.1 Å². The molecule has 0 spiro atoms. The van der Waals surface area contributed by atoms with Crippen molar-refractivity contribution in [3.63, 3.8) is 0 Å². The summed E-state index contributed by atoms with van der Waals surface area (Å²) in [7, 11) is -3.14. The predicted molar refractivity (Wildman–Crippen MR) is 95.0 cm³/mol. The van der Waals surface area contributed by atoms with Gasteiger partial charge in [0, 0.05) is 18.7 Å². The van der Waals surface area contributed by atoms with Crippen LogP contribution in [0.3, 0.4) is 0 Å². The Morgan fingerprint density at radius 1 is 1.09 bits per heavy atom. The summed E-state index contributed by atoms with van der Waals surface area (Å²) in [5, 5.41) is -0.354. The van der Waals surface area contributed by atoms with Crippen LogP contribution in [0.25, 0.3) is 6.08 Å². The quantitative estimate of drug-likeness (QED) is 0.823. The van der Waals surface area contributed by atoms with Crippen molar-refractivity contribution < 1.29 is 13.2 Å². The number of rotatable bonds is 5. The summed E-state index contributed by atoms with van der Waals surface area (Å²) in [6.07, 6.45) is 3.84. The molecule has 1 aliphatic heterocycles. The van der Waals surface area contributed by atoms with Gasteiger partial charge in [0.1, 0.15) is 5.75 Å². The highest BCUT2D eigenvalue weighted by molar-refractivity contribution is 7.89. The van der Waals surface area contributed by atoms with E-state index in [0.29, 0.717) is 13.1 Å². The molecular weight excluding hydrogens is 310 g/mol. The lowest BCUT2D eigenvalue weighted by atomic mass is 10.0. The van der Waals surface area contributed by atoms with E-state index in [1.807, 2.05) is 38.1 Å². The number of hydrogen-bond acceptors (Lipinski definition) is 3. The second-order valence-corrected chi connectivity index (χ2v) is 8.99. The molecule has 1 heterocycles. The highest BCUT2D eigenvalue weighted by Gasteiger charge is 2.28. The minimum Gasteiger partial charge on any atom is -0.490 e. The van der Waals surface area contributed by atoms with Gasteiger partial charge < -0.3 is 4.74 Å². The number of hydrogen-bond donors (Lipinski definition) is 0. The number of para-hydroxylation sites is 1. The van der Waals surface area contributed by atoms with Crippen molar-refractivity contribution in [1.82, 2.24) is 4.31 Å². The van der Waals surface area contributed by atoms with Crippen molar-refractivity contribution >= 4 is 16.1 Å². The van der Waals surface area contributed by atoms with Gasteiger partial charge in [-0.05, 0) is 46.6 Å². The van der Waals surface area contributed by atoms with E-state index < -0.39 is 10.0 Å². The van der Waals surface area contributed by atoms with E-state index in [1.54, 1.807) is 18.2 Å². The van der Waals surface area contributed by atoms with E-state index in [-0.39, 0.29) is 11.4 Å². The molecule has 2 rings (SSSR count). The second kappa shape index (κ2) is 7.49. The van der Waals surface area contributed by atoms with Crippen molar-refractivity contribution in [3.8, 4) is 5.75 Å². The predicted octanol–water partition coefficient (Wildman–Crippen LogP) is 3.69. The van der Waals surface area contributed by atoms with E-state index in [1.165, 1.54) is 5.57 Å². The highest BCUT2D eigenvalue weighted by atomic mass is 32.2. The van der Waals surface area contributed by atoms with Crippen LogP contribution >= 0.6 is 0 Å². The average molecular weight is 337 g/mol. The van der Waals surface area contributed by atoms with Crippen LogP contribution in [0, 0.1) is 0 Å². The summed E-state index contributed by atoms with van der Waals surface area (Å²) in [5.41, 5.74) is 2.34. The van der Waals surface area contributed by atoms with Crippen molar-refractivity contribution in [2.45, 2.75) is 51.9 Å². The molecule has 0 aliphatic carbocycles. The van der Waals surface area contributed by atoms with Crippen LogP contribution in [-0.2, 0) is 10.0 Å². The number of piperidine rings is 1. The van der Waals surface area contributed by atoms with Crippen LogP contribution in [0.15, 0.2) is 29.8 Å². The summed E-state index contributed by atoms with van der Waals surface area (Å²) in [6.45, 7) is 8.64. The van der Waals surface area contributed by atoms with Crippen molar-refractivity contribution in [2.75, 3.05) is 13.1 Å². The number of ether oxygens (including phenoxy) is 1. The molecule has 5 heteroatoms. The Balaban J connectivity index is 2.10. The van der Waals surface area contributed by atoms with E-state index in [2.05, 4.69) is 6.08 Å². The van der Waals surface area contributed by atoms with Gasteiger partial charge >= 0.3 is 0 Å². The lowest BCUT2D eigenvalue weighted by molar-refractivity contribution is 0.242. The lowest BCUT2D eigenvalue weighted by Crippen LogP contribution is -2.40. The first-order valence-corrected chi connectivity index (χ1v) is 9.75. The zero-order valence-corrected chi connectivity index (χ0v) is 15.3. The first-order valence-electron chi connectivity index (χ1n) is 8.25. The van der Waals surface area contributed by atoms with Crippen molar-refractivity contribution in [1.29, 1.82) is 0 Å². The van der Waals surface area contributed by atoms with Gasteiger partial charge in [0.05, 0.1) is 11.4 Å². The molecule has 1 aromatic rings. The first kappa shape index (κ1) is 18.0. The minimum atomic E-state index is -3.14. The molecule has 1 fully saturated rings. The SMILES string of the molecule is CC(C)Oc1ccccc1C=C1CCN(S(=O)(=O)C(C)C)CC1. The third-order valence-corrected chi connectivity index (χ3v) is 6.24. The third kappa shape index (κ3) is 4.58. The van der Waals surface area contributed by atoms with E-state index >= 15 is 0 Å². The van der Waals surface area contributed by atoms with Gasteiger partial charge in [0.2, 0.25) is 10.0 Å². The molecule has 23 heavy (non-hydrogen) atoms. The van der Waals surface area contributed by atoms with Crippen LogP contribution in [0.4, 0.5) is 0 Å². The van der Waals surface area contributed by atoms with Gasteiger partial charge in [0.15, 0.2) is 0 Å². The van der Waals surface area contributed by atoms with Crippen LogP contribution in [0.5, 0.6) is 5.75 Å². The summed E-state index contributed by atoms with van der Waals surface area (Å²) >= 11 is 0. The van der Waals surface area contributed by atoms with Crippen LogP contribution < -0.4 is 4.74 Å². The molecule has 1 aliphatic rings. The minimum absolute atomic E-state index is 0.132. The largest absolute Gasteiger partial charge is 0.490 e. The van der Waals surface area contributed by atoms with Crippen molar-refractivity contribution in [3.05, 3.63) is 35.4 Å². The average Bonchev–Trinajstić information content (AvgIpc) is 2.49. The van der Waals surface area contributed by atoms with Gasteiger partial charge in [-0.3, -0.25) is 0 Å². The molecule has 0 aromatic heterocycles. The smallest absolute Gasteiger partial charge is 0.216 e. The Kier molecular flexibility index (Phi) is 5.87.